The lowest BCUT2D eigenvalue weighted by Gasteiger charge is -2.37. The number of likely N-dealkylation sites (tertiary alicyclic amines) is 1. The minimum absolute atomic E-state index is 0.148. The van der Waals surface area contributed by atoms with Crippen molar-refractivity contribution in [1.29, 1.82) is 0 Å². The number of carbonyl (C=O) groups is 1. The van der Waals surface area contributed by atoms with Crippen LogP contribution in [-0.4, -0.2) is 44.7 Å². The van der Waals surface area contributed by atoms with Gasteiger partial charge in [0, 0.05) is 19.1 Å². The molecule has 2 fully saturated rings. The Morgan fingerprint density at radius 1 is 1.24 bits per heavy atom. The van der Waals surface area contributed by atoms with Crippen LogP contribution in [0.3, 0.4) is 0 Å². The van der Waals surface area contributed by atoms with E-state index in [4.69, 9.17) is 0 Å². The Kier molecular flexibility index (Phi) is 4.78. The zero-order valence-corrected chi connectivity index (χ0v) is 14.4. The number of amides is 1. The third kappa shape index (κ3) is 4.07. The van der Waals surface area contributed by atoms with Crippen molar-refractivity contribution in [3.8, 4) is 0 Å². The molecule has 1 aromatic heterocycles. The van der Waals surface area contributed by atoms with E-state index in [1.807, 2.05) is 22.9 Å². The van der Waals surface area contributed by atoms with E-state index in [0.717, 1.165) is 44.5 Å². The fourth-order valence-electron chi connectivity index (χ4n) is 3.74. The van der Waals surface area contributed by atoms with E-state index < -0.39 is 0 Å². The van der Waals surface area contributed by atoms with E-state index in [-0.39, 0.29) is 11.9 Å². The molecule has 0 radical (unpaired) electrons. The van der Waals surface area contributed by atoms with Crippen molar-refractivity contribution >= 4 is 5.91 Å². The molecule has 2 heterocycles. The van der Waals surface area contributed by atoms with Crippen LogP contribution in [0.4, 0.5) is 0 Å². The Bertz CT molecular complexity index is 683. The zero-order valence-electron chi connectivity index (χ0n) is 14.4. The van der Waals surface area contributed by atoms with Gasteiger partial charge in [-0.15, -0.1) is 0 Å². The summed E-state index contributed by atoms with van der Waals surface area (Å²) in [6.07, 6.45) is 7.86. The van der Waals surface area contributed by atoms with Gasteiger partial charge in [0.25, 0.3) is 0 Å². The van der Waals surface area contributed by atoms with Gasteiger partial charge in [0.1, 0.15) is 18.7 Å². The van der Waals surface area contributed by atoms with Crippen LogP contribution < -0.4 is 5.32 Å². The molecule has 0 spiro atoms. The first-order valence-corrected chi connectivity index (χ1v) is 9.21. The molecule has 1 aliphatic carbocycles. The Labute approximate surface area is 148 Å². The lowest BCUT2D eigenvalue weighted by atomic mass is 9.94. The molecule has 4 rings (SSSR count). The zero-order chi connectivity index (χ0) is 17.1. The average molecular weight is 339 g/mol. The number of hydrogen-bond donors (Lipinski definition) is 1. The number of hydrogen-bond acceptors (Lipinski definition) is 4. The third-order valence-electron chi connectivity index (χ3n) is 5.11. The summed E-state index contributed by atoms with van der Waals surface area (Å²) >= 11 is 0. The summed E-state index contributed by atoms with van der Waals surface area (Å²) < 4.78 is 1.90. The number of benzene rings is 1. The maximum absolute atomic E-state index is 12.9. The fourth-order valence-corrected chi connectivity index (χ4v) is 3.74. The molecule has 1 saturated carbocycles. The maximum Gasteiger partial charge on any atom is 0.242 e. The summed E-state index contributed by atoms with van der Waals surface area (Å²) in [5.74, 6) is 0.644. The fraction of sp³-hybridized carbons (Fsp3) is 0.526. The van der Waals surface area contributed by atoms with Crippen molar-refractivity contribution in [2.45, 2.75) is 44.3 Å². The average Bonchev–Trinajstić information content (AvgIpc) is 3.29. The van der Waals surface area contributed by atoms with E-state index in [0.29, 0.717) is 12.0 Å². The summed E-state index contributed by atoms with van der Waals surface area (Å²) in [6, 6.07) is 10.4. The first kappa shape index (κ1) is 16.3. The highest BCUT2D eigenvalue weighted by atomic mass is 16.2. The largest absolute Gasteiger partial charge is 0.352 e. The van der Waals surface area contributed by atoms with Crippen molar-refractivity contribution in [2.75, 3.05) is 13.1 Å². The van der Waals surface area contributed by atoms with E-state index in [2.05, 4.69) is 32.4 Å². The van der Waals surface area contributed by atoms with Gasteiger partial charge in [0.05, 0.1) is 0 Å². The molecule has 2 atom stereocenters. The molecular formula is C19H25N5O. The number of piperidine rings is 1. The van der Waals surface area contributed by atoms with Crippen LogP contribution in [-0.2, 0) is 11.3 Å². The van der Waals surface area contributed by atoms with Gasteiger partial charge in [-0.2, -0.15) is 5.10 Å². The van der Waals surface area contributed by atoms with Gasteiger partial charge in [0.15, 0.2) is 0 Å². The van der Waals surface area contributed by atoms with Crippen LogP contribution >= 0.6 is 0 Å². The SMILES string of the molecule is O=C(NC1CC1)C(c1ccccc1)N1CCCC(Cn2cncn2)C1. The highest BCUT2D eigenvalue weighted by molar-refractivity contribution is 5.83. The van der Waals surface area contributed by atoms with E-state index in [1.54, 1.807) is 12.7 Å². The number of rotatable bonds is 6. The maximum atomic E-state index is 12.9. The van der Waals surface area contributed by atoms with Gasteiger partial charge in [-0.3, -0.25) is 14.4 Å². The van der Waals surface area contributed by atoms with Crippen LogP contribution in [0.2, 0.25) is 0 Å². The molecule has 1 aromatic carbocycles. The number of carbonyl (C=O) groups excluding carboxylic acids is 1. The van der Waals surface area contributed by atoms with Gasteiger partial charge in [-0.25, -0.2) is 4.98 Å². The molecule has 1 amide bonds. The van der Waals surface area contributed by atoms with Gasteiger partial charge in [0.2, 0.25) is 5.91 Å². The van der Waals surface area contributed by atoms with Crippen molar-refractivity contribution < 1.29 is 4.79 Å². The van der Waals surface area contributed by atoms with Gasteiger partial charge >= 0.3 is 0 Å². The second kappa shape index (κ2) is 7.35. The number of nitrogens with one attached hydrogen (secondary N) is 1. The lowest BCUT2D eigenvalue weighted by Crippen LogP contribution is -2.46. The standard InChI is InChI=1S/C19H25N5O/c25-19(22-17-8-9-17)18(16-6-2-1-3-7-16)23-10-4-5-15(11-23)12-24-14-20-13-21-24/h1-3,6-7,13-15,17-18H,4-5,8-12H2,(H,22,25). The molecule has 2 aliphatic rings. The van der Waals surface area contributed by atoms with Gasteiger partial charge in [-0.05, 0) is 43.7 Å². The smallest absolute Gasteiger partial charge is 0.242 e. The van der Waals surface area contributed by atoms with Crippen LogP contribution in [0, 0.1) is 5.92 Å². The van der Waals surface area contributed by atoms with Crippen LogP contribution in [0.1, 0.15) is 37.3 Å². The topological polar surface area (TPSA) is 63.1 Å². The van der Waals surface area contributed by atoms with E-state index in [9.17, 15) is 4.79 Å². The van der Waals surface area contributed by atoms with Crippen molar-refractivity contribution in [2.24, 2.45) is 5.92 Å². The van der Waals surface area contributed by atoms with Gasteiger partial charge in [-0.1, -0.05) is 30.3 Å². The Morgan fingerprint density at radius 2 is 2.08 bits per heavy atom. The van der Waals surface area contributed by atoms with Crippen LogP contribution in [0.5, 0.6) is 0 Å². The third-order valence-corrected chi connectivity index (χ3v) is 5.11. The second-order valence-corrected chi connectivity index (χ2v) is 7.22. The normalized spacial score (nSPS) is 22.5. The highest BCUT2D eigenvalue weighted by Crippen LogP contribution is 2.29. The van der Waals surface area contributed by atoms with Gasteiger partial charge < -0.3 is 5.32 Å². The summed E-state index contributed by atoms with van der Waals surface area (Å²) in [4.78, 5) is 19.3. The number of aromatic nitrogens is 3. The van der Waals surface area contributed by atoms with Crippen LogP contribution in [0.25, 0.3) is 0 Å². The molecule has 2 unspecified atom stereocenters. The molecule has 25 heavy (non-hydrogen) atoms. The van der Waals surface area contributed by atoms with Crippen molar-refractivity contribution in [1.82, 2.24) is 25.0 Å². The predicted molar refractivity (Wildman–Crippen MR) is 94.7 cm³/mol. The first-order valence-electron chi connectivity index (χ1n) is 9.21. The predicted octanol–water partition coefficient (Wildman–Crippen LogP) is 2.01. The molecular weight excluding hydrogens is 314 g/mol. The summed E-state index contributed by atoms with van der Waals surface area (Å²) in [5.41, 5.74) is 1.09. The second-order valence-electron chi connectivity index (χ2n) is 7.22. The summed E-state index contributed by atoms with van der Waals surface area (Å²) in [7, 11) is 0. The van der Waals surface area contributed by atoms with Crippen LogP contribution in [0.15, 0.2) is 43.0 Å². The molecule has 6 heteroatoms. The molecule has 1 saturated heterocycles. The minimum atomic E-state index is -0.194. The molecule has 6 nitrogen and oxygen atoms in total. The number of nitrogens with zero attached hydrogens (tertiary/aromatic N) is 4. The lowest BCUT2D eigenvalue weighted by molar-refractivity contribution is -0.127. The van der Waals surface area contributed by atoms with Crippen molar-refractivity contribution in [3.63, 3.8) is 0 Å². The first-order chi connectivity index (χ1) is 12.3. The monoisotopic (exact) mass is 339 g/mol. The highest BCUT2D eigenvalue weighted by Gasteiger charge is 2.34. The summed E-state index contributed by atoms with van der Waals surface area (Å²) in [5, 5.41) is 7.43. The molecule has 132 valence electrons. The minimum Gasteiger partial charge on any atom is -0.352 e. The summed E-state index contributed by atoms with van der Waals surface area (Å²) in [6.45, 7) is 2.74. The quantitative estimate of drug-likeness (QED) is 0.874. The Morgan fingerprint density at radius 3 is 2.80 bits per heavy atom. The van der Waals surface area contributed by atoms with E-state index >= 15 is 0 Å². The van der Waals surface area contributed by atoms with E-state index in [1.165, 1.54) is 6.42 Å². The molecule has 1 N–H and O–H groups in total. The molecule has 2 aromatic rings. The molecule has 0 bridgehead atoms. The Balaban J connectivity index is 1.50. The molecule has 1 aliphatic heterocycles. The Hall–Kier alpha value is -2.21. The van der Waals surface area contributed by atoms with Crippen molar-refractivity contribution in [3.05, 3.63) is 48.5 Å².